The van der Waals surface area contributed by atoms with Gasteiger partial charge in [0.2, 0.25) is 21.7 Å². The molecule has 0 spiro atoms. The van der Waals surface area contributed by atoms with Crippen LogP contribution in [0, 0.1) is 6.92 Å². The van der Waals surface area contributed by atoms with Gasteiger partial charge in [0.15, 0.2) is 0 Å². The minimum absolute atomic E-state index is 0.109. The Balaban J connectivity index is 1.78. The van der Waals surface area contributed by atoms with Crippen molar-refractivity contribution >= 4 is 10.0 Å². The molecular weight excluding hydrogens is 406 g/mol. The number of methoxy groups -OCH3 is 2. The van der Waals surface area contributed by atoms with Gasteiger partial charge in [0, 0.05) is 5.56 Å². The summed E-state index contributed by atoms with van der Waals surface area (Å²) >= 11 is 0. The van der Waals surface area contributed by atoms with E-state index in [9.17, 15) is 8.42 Å². The van der Waals surface area contributed by atoms with E-state index >= 15 is 0 Å². The first kappa shape index (κ1) is 21.8. The molecule has 160 valence electrons. The monoisotopic (exact) mass is 431 g/mol. The van der Waals surface area contributed by atoms with Gasteiger partial charge in [-0.3, -0.25) is 0 Å². The van der Waals surface area contributed by atoms with Crippen molar-refractivity contribution in [2.45, 2.75) is 38.1 Å². The summed E-state index contributed by atoms with van der Waals surface area (Å²) in [6.45, 7) is 5.58. The smallest absolute Gasteiger partial charge is 0.242 e. The fourth-order valence-electron chi connectivity index (χ4n) is 3.01. The number of nitrogens with one attached hydrogen (secondary N) is 1. The lowest BCUT2D eigenvalue weighted by Crippen LogP contribution is -2.24. The number of hydrogen-bond acceptors (Lipinski definition) is 7. The van der Waals surface area contributed by atoms with Crippen LogP contribution in [0.25, 0.3) is 11.4 Å². The lowest BCUT2D eigenvalue weighted by molar-refractivity contribution is 0.376. The van der Waals surface area contributed by atoms with E-state index in [1.807, 2.05) is 13.8 Å². The van der Waals surface area contributed by atoms with E-state index in [0.717, 1.165) is 11.1 Å². The number of hydrogen-bond donors (Lipinski definition) is 1. The third-order valence-corrected chi connectivity index (χ3v) is 6.21. The van der Waals surface area contributed by atoms with Crippen LogP contribution in [0.1, 0.15) is 36.8 Å². The van der Waals surface area contributed by atoms with Crippen LogP contribution in [0.5, 0.6) is 11.5 Å². The number of aryl methyl sites for hydroxylation is 1. The van der Waals surface area contributed by atoms with Crippen molar-refractivity contribution < 1.29 is 22.4 Å². The molecule has 2 aromatic carbocycles. The van der Waals surface area contributed by atoms with Gasteiger partial charge in [0.1, 0.15) is 11.5 Å². The fraction of sp³-hybridized carbons (Fsp3) is 0.333. The van der Waals surface area contributed by atoms with E-state index in [1.165, 1.54) is 0 Å². The molecular formula is C21H25N3O5S. The van der Waals surface area contributed by atoms with Crippen LogP contribution in [-0.2, 0) is 16.6 Å². The summed E-state index contributed by atoms with van der Waals surface area (Å²) in [4.78, 5) is 4.46. The Morgan fingerprint density at radius 3 is 2.40 bits per heavy atom. The molecule has 0 unspecified atom stereocenters. The maximum absolute atomic E-state index is 12.9. The van der Waals surface area contributed by atoms with E-state index in [0.29, 0.717) is 22.9 Å². The van der Waals surface area contributed by atoms with E-state index < -0.39 is 10.0 Å². The van der Waals surface area contributed by atoms with Crippen LogP contribution in [0.4, 0.5) is 0 Å². The minimum Gasteiger partial charge on any atom is -0.497 e. The maximum atomic E-state index is 12.9. The molecule has 0 atom stereocenters. The number of sulfonamides is 1. The summed E-state index contributed by atoms with van der Waals surface area (Å²) in [6.07, 6.45) is 0. The molecule has 0 aliphatic rings. The van der Waals surface area contributed by atoms with Crippen molar-refractivity contribution in [3.05, 3.63) is 53.4 Å². The summed E-state index contributed by atoms with van der Waals surface area (Å²) < 4.78 is 44.0. The van der Waals surface area contributed by atoms with Crippen molar-refractivity contribution in [2.75, 3.05) is 14.2 Å². The Kier molecular flexibility index (Phi) is 6.42. The van der Waals surface area contributed by atoms with Gasteiger partial charge in [-0.25, -0.2) is 13.1 Å². The second-order valence-electron chi connectivity index (χ2n) is 7.08. The topological polar surface area (TPSA) is 104 Å². The SMILES string of the molecule is COc1ccc(-c2noc(CNS(=O)(=O)c3cc(C(C)C)c(OC)cc3C)n2)cc1. The molecule has 0 saturated carbocycles. The van der Waals surface area contributed by atoms with Gasteiger partial charge in [0.05, 0.1) is 25.7 Å². The Bertz CT molecular complexity index is 1120. The lowest BCUT2D eigenvalue weighted by atomic mass is 10.0. The van der Waals surface area contributed by atoms with E-state index in [2.05, 4.69) is 14.9 Å². The van der Waals surface area contributed by atoms with E-state index in [-0.39, 0.29) is 23.2 Å². The van der Waals surface area contributed by atoms with Gasteiger partial charge in [-0.15, -0.1) is 0 Å². The Hall–Kier alpha value is -2.91. The second-order valence-corrected chi connectivity index (χ2v) is 8.81. The molecule has 1 N–H and O–H groups in total. The van der Waals surface area contributed by atoms with Gasteiger partial charge < -0.3 is 14.0 Å². The summed E-state index contributed by atoms with van der Waals surface area (Å²) in [7, 11) is -0.626. The van der Waals surface area contributed by atoms with Crippen molar-refractivity contribution in [3.63, 3.8) is 0 Å². The predicted molar refractivity (Wildman–Crippen MR) is 112 cm³/mol. The van der Waals surface area contributed by atoms with Crippen LogP contribution in [0.3, 0.4) is 0 Å². The molecule has 1 heterocycles. The Labute approximate surface area is 176 Å². The molecule has 0 amide bonds. The van der Waals surface area contributed by atoms with Crippen LogP contribution in [0.15, 0.2) is 45.8 Å². The van der Waals surface area contributed by atoms with Crippen molar-refractivity contribution in [2.24, 2.45) is 0 Å². The third kappa shape index (κ3) is 4.63. The minimum atomic E-state index is -3.78. The average molecular weight is 432 g/mol. The molecule has 0 saturated heterocycles. The summed E-state index contributed by atoms with van der Waals surface area (Å²) in [5, 5.41) is 3.91. The predicted octanol–water partition coefficient (Wildman–Crippen LogP) is 3.66. The number of rotatable bonds is 8. The highest BCUT2D eigenvalue weighted by atomic mass is 32.2. The fourth-order valence-corrected chi connectivity index (χ4v) is 4.25. The highest BCUT2D eigenvalue weighted by Crippen LogP contribution is 2.31. The number of ether oxygens (including phenoxy) is 2. The molecule has 0 fully saturated rings. The summed E-state index contributed by atoms with van der Waals surface area (Å²) in [6, 6.07) is 10.5. The molecule has 0 aliphatic heterocycles. The summed E-state index contributed by atoms with van der Waals surface area (Å²) in [5.74, 6) is 2.03. The van der Waals surface area contributed by atoms with Crippen LogP contribution in [-0.4, -0.2) is 32.8 Å². The van der Waals surface area contributed by atoms with Crippen molar-refractivity contribution in [1.82, 2.24) is 14.9 Å². The van der Waals surface area contributed by atoms with Gasteiger partial charge in [-0.2, -0.15) is 4.98 Å². The van der Waals surface area contributed by atoms with Gasteiger partial charge in [-0.05, 0) is 60.4 Å². The Morgan fingerprint density at radius 2 is 1.80 bits per heavy atom. The Morgan fingerprint density at radius 1 is 1.10 bits per heavy atom. The zero-order chi connectivity index (χ0) is 21.9. The van der Waals surface area contributed by atoms with Gasteiger partial charge in [-0.1, -0.05) is 19.0 Å². The number of aromatic nitrogens is 2. The molecule has 9 heteroatoms. The molecule has 0 aliphatic carbocycles. The first-order valence-electron chi connectivity index (χ1n) is 9.40. The van der Waals surface area contributed by atoms with Crippen molar-refractivity contribution in [3.8, 4) is 22.9 Å². The molecule has 3 rings (SSSR count). The quantitative estimate of drug-likeness (QED) is 0.580. The zero-order valence-corrected chi connectivity index (χ0v) is 18.4. The second kappa shape index (κ2) is 8.85. The average Bonchev–Trinajstić information content (AvgIpc) is 3.21. The highest BCUT2D eigenvalue weighted by molar-refractivity contribution is 7.89. The first-order valence-corrected chi connectivity index (χ1v) is 10.9. The molecule has 8 nitrogen and oxygen atoms in total. The van der Waals surface area contributed by atoms with Crippen LogP contribution >= 0.6 is 0 Å². The summed E-state index contributed by atoms with van der Waals surface area (Å²) in [5.41, 5.74) is 2.15. The standard InChI is InChI=1S/C21H25N3O5S/c1-13(2)17-11-19(14(3)10-18(17)28-5)30(25,26)22-12-20-23-21(24-29-20)15-6-8-16(27-4)9-7-15/h6-11,13,22H,12H2,1-5H3. The largest absolute Gasteiger partial charge is 0.497 e. The number of nitrogens with zero attached hydrogens (tertiary/aromatic N) is 2. The molecule has 0 radical (unpaired) electrons. The van der Waals surface area contributed by atoms with Crippen molar-refractivity contribution in [1.29, 1.82) is 0 Å². The highest BCUT2D eigenvalue weighted by Gasteiger charge is 2.22. The van der Waals surface area contributed by atoms with E-state index in [4.69, 9.17) is 14.0 Å². The van der Waals surface area contributed by atoms with Crippen LogP contribution in [0.2, 0.25) is 0 Å². The van der Waals surface area contributed by atoms with Crippen LogP contribution < -0.4 is 14.2 Å². The molecule has 0 bridgehead atoms. The molecule has 30 heavy (non-hydrogen) atoms. The van der Waals surface area contributed by atoms with Gasteiger partial charge >= 0.3 is 0 Å². The third-order valence-electron chi connectivity index (χ3n) is 4.67. The first-order chi connectivity index (χ1) is 14.2. The van der Waals surface area contributed by atoms with Gasteiger partial charge in [0.25, 0.3) is 0 Å². The lowest BCUT2D eigenvalue weighted by Gasteiger charge is -2.16. The maximum Gasteiger partial charge on any atom is 0.242 e. The number of benzene rings is 2. The molecule has 1 aromatic heterocycles. The normalized spacial score (nSPS) is 11.7. The van der Waals surface area contributed by atoms with E-state index in [1.54, 1.807) is 57.5 Å². The zero-order valence-electron chi connectivity index (χ0n) is 17.6. The molecule has 3 aromatic rings.